The van der Waals surface area contributed by atoms with E-state index in [0.717, 1.165) is 29.4 Å². The van der Waals surface area contributed by atoms with Crippen molar-refractivity contribution in [3.05, 3.63) is 48.2 Å². The van der Waals surface area contributed by atoms with Crippen LogP contribution >= 0.6 is 0 Å². The quantitative estimate of drug-likeness (QED) is 0.624. The number of aromatic nitrogens is 3. The first-order chi connectivity index (χ1) is 14.1. The lowest BCUT2D eigenvalue weighted by Crippen LogP contribution is -2.35. The summed E-state index contributed by atoms with van der Waals surface area (Å²) in [6, 6.07) is 8.49. The van der Waals surface area contributed by atoms with Crippen LogP contribution in [0.1, 0.15) is 50.1 Å². The van der Waals surface area contributed by atoms with Gasteiger partial charge in [0.15, 0.2) is 0 Å². The summed E-state index contributed by atoms with van der Waals surface area (Å²) in [6.45, 7) is 6.87. The molecule has 0 atom stereocenters. The maximum Gasteiger partial charge on any atom is 0.274 e. The number of amides is 1. The highest BCUT2D eigenvalue weighted by Crippen LogP contribution is 2.47. The van der Waals surface area contributed by atoms with Gasteiger partial charge in [-0.25, -0.2) is 4.98 Å². The molecule has 6 nitrogen and oxygen atoms in total. The first-order valence-corrected chi connectivity index (χ1v) is 10.3. The van der Waals surface area contributed by atoms with Crippen molar-refractivity contribution < 1.29 is 9.18 Å². The molecule has 1 fully saturated rings. The van der Waals surface area contributed by atoms with Crippen molar-refractivity contribution in [1.29, 1.82) is 0 Å². The lowest BCUT2D eigenvalue weighted by Gasteiger charge is -2.43. The predicted octanol–water partition coefficient (Wildman–Crippen LogP) is 4.89. The van der Waals surface area contributed by atoms with Gasteiger partial charge in [-0.15, -0.1) is 0 Å². The Morgan fingerprint density at radius 3 is 2.60 bits per heavy atom. The van der Waals surface area contributed by atoms with E-state index >= 15 is 0 Å². The number of hydrogen-bond donors (Lipinski definition) is 1. The molecule has 1 N–H and O–H groups in total. The van der Waals surface area contributed by atoms with Crippen LogP contribution in [0.15, 0.2) is 36.5 Å². The van der Waals surface area contributed by atoms with Crippen LogP contribution in [0.25, 0.3) is 10.9 Å². The summed E-state index contributed by atoms with van der Waals surface area (Å²) in [5.41, 5.74) is 2.73. The average molecular weight is 410 g/mol. The van der Waals surface area contributed by atoms with E-state index < -0.39 is 11.9 Å². The average Bonchev–Trinajstić information content (AvgIpc) is 3.00. The van der Waals surface area contributed by atoms with Crippen molar-refractivity contribution in [3.63, 3.8) is 0 Å². The van der Waals surface area contributed by atoms with E-state index in [-0.39, 0.29) is 5.69 Å². The molecule has 7 heteroatoms. The highest BCUT2D eigenvalue weighted by Gasteiger charge is 2.38. The minimum atomic E-state index is -0.679. The largest absolute Gasteiger partial charge is 0.376 e. The number of benzene rings is 1. The molecule has 1 amide bonds. The standard InChI is InChI=1S/C23H28FN5O/c1-23(2,3)15-10-16(11-15)29-13-14-9-19(20(28(4)5)12-18(14)27-29)26-22(30)17-7-6-8-21(24)25-17/h6-9,12-13,15-16H,10-11H2,1-5H3,(H,26,30). The third-order valence-corrected chi connectivity index (χ3v) is 6.03. The van der Waals surface area contributed by atoms with E-state index in [1.807, 2.05) is 31.1 Å². The number of halogens is 1. The molecule has 2 heterocycles. The van der Waals surface area contributed by atoms with Gasteiger partial charge in [0.2, 0.25) is 5.95 Å². The van der Waals surface area contributed by atoms with Crippen LogP contribution < -0.4 is 10.2 Å². The van der Waals surface area contributed by atoms with Crippen LogP contribution in [0.2, 0.25) is 0 Å². The summed E-state index contributed by atoms with van der Waals surface area (Å²) in [6.07, 6.45) is 4.31. The Hall–Kier alpha value is -2.96. The normalized spacial score (nSPS) is 18.9. The second kappa shape index (κ2) is 7.38. The fourth-order valence-corrected chi connectivity index (χ4v) is 3.97. The minimum Gasteiger partial charge on any atom is -0.376 e. The Balaban J connectivity index is 1.62. The van der Waals surface area contributed by atoms with E-state index in [0.29, 0.717) is 23.1 Å². The Bertz CT molecular complexity index is 1090. The zero-order valence-corrected chi connectivity index (χ0v) is 18.1. The molecule has 0 aliphatic heterocycles. The van der Waals surface area contributed by atoms with Crippen LogP contribution in [0.4, 0.5) is 15.8 Å². The van der Waals surface area contributed by atoms with Crippen molar-refractivity contribution in [2.75, 3.05) is 24.3 Å². The van der Waals surface area contributed by atoms with Crippen molar-refractivity contribution >= 4 is 28.2 Å². The Morgan fingerprint density at radius 1 is 1.23 bits per heavy atom. The summed E-state index contributed by atoms with van der Waals surface area (Å²) in [7, 11) is 3.82. The SMILES string of the molecule is CN(C)c1cc2nn(C3CC(C(C)(C)C)C3)cc2cc1NC(=O)c1cccc(F)n1. The summed E-state index contributed by atoms with van der Waals surface area (Å²) >= 11 is 0. The van der Waals surface area contributed by atoms with Gasteiger partial charge in [0, 0.05) is 25.7 Å². The second-order valence-corrected chi connectivity index (χ2v) is 9.42. The Morgan fingerprint density at radius 2 is 1.97 bits per heavy atom. The number of carbonyl (C=O) groups is 1. The fourth-order valence-electron chi connectivity index (χ4n) is 3.97. The van der Waals surface area contributed by atoms with Crippen molar-refractivity contribution in [2.24, 2.45) is 11.3 Å². The highest BCUT2D eigenvalue weighted by atomic mass is 19.1. The number of nitrogens with zero attached hydrogens (tertiary/aromatic N) is 4. The molecule has 0 unspecified atom stereocenters. The molecular formula is C23H28FN5O. The number of nitrogens with one attached hydrogen (secondary N) is 1. The van der Waals surface area contributed by atoms with Gasteiger partial charge in [0.1, 0.15) is 5.69 Å². The van der Waals surface area contributed by atoms with Gasteiger partial charge in [0.05, 0.1) is 22.9 Å². The van der Waals surface area contributed by atoms with Gasteiger partial charge in [-0.1, -0.05) is 26.8 Å². The summed E-state index contributed by atoms with van der Waals surface area (Å²) < 4.78 is 15.5. The smallest absolute Gasteiger partial charge is 0.274 e. The van der Waals surface area contributed by atoms with Gasteiger partial charge in [-0.2, -0.15) is 9.49 Å². The monoisotopic (exact) mass is 409 g/mol. The van der Waals surface area contributed by atoms with Crippen LogP contribution in [0.3, 0.4) is 0 Å². The molecule has 1 aromatic carbocycles. The zero-order valence-electron chi connectivity index (χ0n) is 18.1. The number of pyridine rings is 1. The summed E-state index contributed by atoms with van der Waals surface area (Å²) in [5, 5.41) is 8.63. The van der Waals surface area contributed by atoms with E-state index in [2.05, 4.69) is 42.0 Å². The number of hydrogen-bond acceptors (Lipinski definition) is 4. The molecule has 1 aliphatic carbocycles. The van der Waals surface area contributed by atoms with Gasteiger partial charge < -0.3 is 10.2 Å². The topological polar surface area (TPSA) is 63.1 Å². The number of anilines is 2. The lowest BCUT2D eigenvalue weighted by atomic mass is 9.66. The molecule has 0 bridgehead atoms. The maximum absolute atomic E-state index is 13.4. The predicted molar refractivity (Wildman–Crippen MR) is 117 cm³/mol. The Kier molecular flexibility index (Phi) is 5.00. The van der Waals surface area contributed by atoms with E-state index in [9.17, 15) is 9.18 Å². The first kappa shape index (κ1) is 20.3. The molecular weight excluding hydrogens is 381 g/mol. The number of fused-ring (bicyclic) bond motifs is 1. The van der Waals surface area contributed by atoms with Gasteiger partial charge in [0.25, 0.3) is 5.91 Å². The van der Waals surface area contributed by atoms with Gasteiger partial charge in [-0.05, 0) is 48.4 Å². The van der Waals surface area contributed by atoms with Crippen molar-refractivity contribution in [3.8, 4) is 0 Å². The number of rotatable bonds is 4. The molecule has 3 aromatic rings. The van der Waals surface area contributed by atoms with Crippen LogP contribution in [-0.4, -0.2) is 34.8 Å². The third kappa shape index (κ3) is 3.88. The zero-order chi connectivity index (χ0) is 21.6. The highest BCUT2D eigenvalue weighted by molar-refractivity contribution is 6.06. The molecule has 4 rings (SSSR count). The third-order valence-electron chi connectivity index (χ3n) is 6.03. The first-order valence-electron chi connectivity index (χ1n) is 10.3. The van der Waals surface area contributed by atoms with Crippen molar-refractivity contribution in [1.82, 2.24) is 14.8 Å². The van der Waals surface area contributed by atoms with Crippen LogP contribution in [-0.2, 0) is 0 Å². The molecule has 2 aromatic heterocycles. The maximum atomic E-state index is 13.4. The minimum absolute atomic E-state index is 0.0400. The fraction of sp³-hybridized carbons (Fsp3) is 0.435. The van der Waals surface area contributed by atoms with Crippen LogP contribution in [0, 0.1) is 17.3 Å². The summed E-state index contributed by atoms with van der Waals surface area (Å²) in [4.78, 5) is 18.2. The molecule has 0 spiro atoms. The van der Waals surface area contributed by atoms with Gasteiger partial charge >= 0.3 is 0 Å². The van der Waals surface area contributed by atoms with Crippen LogP contribution in [0.5, 0.6) is 0 Å². The van der Waals surface area contributed by atoms with Gasteiger partial charge in [-0.3, -0.25) is 9.48 Å². The van der Waals surface area contributed by atoms with E-state index in [1.165, 1.54) is 18.2 Å². The summed E-state index contributed by atoms with van der Waals surface area (Å²) in [5.74, 6) is -0.418. The number of carbonyl (C=O) groups excluding carboxylic acids is 1. The lowest BCUT2D eigenvalue weighted by molar-refractivity contribution is 0.0757. The molecule has 30 heavy (non-hydrogen) atoms. The second-order valence-electron chi connectivity index (χ2n) is 9.42. The molecule has 158 valence electrons. The Labute approximate surface area is 176 Å². The van der Waals surface area contributed by atoms with E-state index in [1.54, 1.807) is 0 Å². The van der Waals surface area contributed by atoms with E-state index in [4.69, 9.17) is 5.10 Å². The van der Waals surface area contributed by atoms with Crippen molar-refractivity contribution in [2.45, 2.75) is 39.7 Å². The molecule has 1 saturated carbocycles. The molecule has 1 aliphatic rings. The molecule has 0 saturated heterocycles. The molecule has 0 radical (unpaired) electrons.